The molecule has 0 radical (unpaired) electrons. The standard InChI is InChI=1S/C20H30N2O2/c1-4-5-7-19(23)21-10-6-11-22(13-12-21)20(24)15-18-9-8-16(2)14-17(18)3/h8-9,14H,4-7,10-13,15H2,1-3H3. The van der Waals surface area contributed by atoms with Crippen LogP contribution in [0.5, 0.6) is 0 Å². The molecule has 0 N–H and O–H groups in total. The predicted molar refractivity (Wildman–Crippen MR) is 96.9 cm³/mol. The van der Waals surface area contributed by atoms with Gasteiger partial charge in [0, 0.05) is 32.6 Å². The maximum absolute atomic E-state index is 12.6. The van der Waals surface area contributed by atoms with Gasteiger partial charge < -0.3 is 9.80 Å². The highest BCUT2D eigenvalue weighted by Crippen LogP contribution is 2.14. The van der Waals surface area contributed by atoms with E-state index in [0.717, 1.165) is 37.9 Å². The molecule has 1 heterocycles. The van der Waals surface area contributed by atoms with Crippen LogP contribution in [0.25, 0.3) is 0 Å². The Labute approximate surface area is 145 Å². The fourth-order valence-corrected chi connectivity index (χ4v) is 3.22. The molecular weight excluding hydrogens is 300 g/mol. The maximum atomic E-state index is 12.6. The first-order valence-corrected chi connectivity index (χ1v) is 9.13. The number of hydrogen-bond acceptors (Lipinski definition) is 2. The molecule has 0 spiro atoms. The van der Waals surface area contributed by atoms with E-state index < -0.39 is 0 Å². The Kier molecular flexibility index (Phi) is 6.83. The third-order valence-electron chi connectivity index (χ3n) is 4.79. The minimum atomic E-state index is 0.171. The van der Waals surface area contributed by atoms with Gasteiger partial charge in [-0.25, -0.2) is 0 Å². The number of benzene rings is 1. The minimum absolute atomic E-state index is 0.171. The lowest BCUT2D eigenvalue weighted by atomic mass is 10.0. The summed E-state index contributed by atoms with van der Waals surface area (Å²) in [5, 5.41) is 0. The molecule has 1 saturated heterocycles. The fraction of sp³-hybridized carbons (Fsp3) is 0.600. The van der Waals surface area contributed by atoms with Crippen molar-refractivity contribution in [3.8, 4) is 0 Å². The molecule has 2 rings (SSSR count). The van der Waals surface area contributed by atoms with E-state index in [1.807, 2.05) is 9.80 Å². The van der Waals surface area contributed by atoms with Crippen molar-refractivity contribution in [3.05, 3.63) is 34.9 Å². The molecule has 0 aromatic heterocycles. The minimum Gasteiger partial charge on any atom is -0.341 e. The van der Waals surface area contributed by atoms with Gasteiger partial charge in [-0.1, -0.05) is 37.1 Å². The van der Waals surface area contributed by atoms with Gasteiger partial charge in [-0.3, -0.25) is 9.59 Å². The van der Waals surface area contributed by atoms with E-state index in [4.69, 9.17) is 0 Å². The average molecular weight is 330 g/mol. The summed E-state index contributed by atoms with van der Waals surface area (Å²) in [7, 11) is 0. The van der Waals surface area contributed by atoms with Gasteiger partial charge in [0.25, 0.3) is 0 Å². The van der Waals surface area contributed by atoms with E-state index >= 15 is 0 Å². The highest BCUT2D eigenvalue weighted by atomic mass is 16.2. The zero-order valence-corrected chi connectivity index (χ0v) is 15.3. The van der Waals surface area contributed by atoms with Crippen molar-refractivity contribution >= 4 is 11.8 Å². The van der Waals surface area contributed by atoms with Crippen molar-refractivity contribution in [2.75, 3.05) is 26.2 Å². The molecule has 24 heavy (non-hydrogen) atoms. The molecule has 4 heteroatoms. The van der Waals surface area contributed by atoms with Crippen LogP contribution in [-0.2, 0) is 16.0 Å². The summed E-state index contributed by atoms with van der Waals surface area (Å²) in [6, 6.07) is 6.24. The number of aryl methyl sites for hydroxylation is 2. The lowest BCUT2D eigenvalue weighted by molar-refractivity contribution is -0.133. The Morgan fingerprint density at radius 3 is 2.29 bits per heavy atom. The molecule has 0 saturated carbocycles. The SMILES string of the molecule is CCCCC(=O)N1CCCN(C(=O)Cc2ccc(C)cc2C)CC1. The predicted octanol–water partition coefficient (Wildman–Crippen LogP) is 3.10. The number of hydrogen-bond donors (Lipinski definition) is 0. The molecule has 1 aromatic carbocycles. The third kappa shape index (κ3) is 5.08. The van der Waals surface area contributed by atoms with Crippen molar-refractivity contribution in [2.24, 2.45) is 0 Å². The van der Waals surface area contributed by atoms with Crippen LogP contribution in [-0.4, -0.2) is 47.8 Å². The summed E-state index contributed by atoms with van der Waals surface area (Å²) in [4.78, 5) is 28.7. The molecule has 132 valence electrons. The topological polar surface area (TPSA) is 40.6 Å². The van der Waals surface area contributed by atoms with Gasteiger partial charge in [0.1, 0.15) is 0 Å². The second-order valence-corrected chi connectivity index (χ2v) is 6.83. The number of amides is 2. The van der Waals surface area contributed by atoms with Crippen LogP contribution in [0, 0.1) is 13.8 Å². The summed E-state index contributed by atoms with van der Waals surface area (Å²) < 4.78 is 0. The number of carbonyl (C=O) groups is 2. The van der Waals surface area contributed by atoms with Crippen molar-refractivity contribution in [3.63, 3.8) is 0 Å². The van der Waals surface area contributed by atoms with Gasteiger partial charge in [0.15, 0.2) is 0 Å². The molecule has 0 atom stereocenters. The van der Waals surface area contributed by atoms with Gasteiger partial charge in [-0.2, -0.15) is 0 Å². The molecule has 2 amide bonds. The van der Waals surface area contributed by atoms with E-state index in [1.165, 1.54) is 11.1 Å². The second kappa shape index (κ2) is 8.86. The Morgan fingerprint density at radius 2 is 1.67 bits per heavy atom. The molecule has 0 unspecified atom stereocenters. The van der Waals surface area contributed by atoms with Gasteiger partial charge in [0.2, 0.25) is 11.8 Å². The summed E-state index contributed by atoms with van der Waals surface area (Å²) in [5.41, 5.74) is 3.50. The van der Waals surface area contributed by atoms with Crippen LogP contribution < -0.4 is 0 Å². The van der Waals surface area contributed by atoms with Crippen LogP contribution in [0.1, 0.15) is 49.3 Å². The number of unbranched alkanes of at least 4 members (excludes halogenated alkanes) is 1. The molecule has 0 aliphatic carbocycles. The Morgan fingerprint density at radius 1 is 1.00 bits per heavy atom. The molecule has 1 aromatic rings. The van der Waals surface area contributed by atoms with Crippen molar-refractivity contribution < 1.29 is 9.59 Å². The van der Waals surface area contributed by atoms with Gasteiger partial charge in [-0.15, -0.1) is 0 Å². The molecule has 4 nitrogen and oxygen atoms in total. The summed E-state index contributed by atoms with van der Waals surface area (Å²) in [6.07, 6.45) is 3.95. The summed E-state index contributed by atoms with van der Waals surface area (Å²) >= 11 is 0. The zero-order chi connectivity index (χ0) is 17.5. The van der Waals surface area contributed by atoms with Crippen LogP contribution in [0.15, 0.2) is 18.2 Å². The highest BCUT2D eigenvalue weighted by molar-refractivity contribution is 5.80. The summed E-state index contributed by atoms with van der Waals surface area (Å²) in [5.74, 6) is 0.408. The first-order valence-electron chi connectivity index (χ1n) is 9.13. The number of nitrogens with zero attached hydrogens (tertiary/aromatic N) is 2. The number of carbonyl (C=O) groups excluding carboxylic acids is 2. The van der Waals surface area contributed by atoms with Crippen molar-refractivity contribution in [1.29, 1.82) is 0 Å². The molecule has 1 fully saturated rings. The largest absolute Gasteiger partial charge is 0.341 e. The van der Waals surface area contributed by atoms with Crippen molar-refractivity contribution in [2.45, 2.75) is 52.9 Å². The molecule has 0 bridgehead atoms. The van der Waals surface area contributed by atoms with Crippen LogP contribution >= 0.6 is 0 Å². The number of rotatable bonds is 5. The smallest absolute Gasteiger partial charge is 0.227 e. The van der Waals surface area contributed by atoms with E-state index in [9.17, 15) is 9.59 Å². The molecule has 1 aliphatic rings. The van der Waals surface area contributed by atoms with Crippen LogP contribution in [0.2, 0.25) is 0 Å². The lowest BCUT2D eigenvalue weighted by Crippen LogP contribution is -2.38. The van der Waals surface area contributed by atoms with E-state index in [2.05, 4.69) is 39.0 Å². The first-order chi connectivity index (χ1) is 11.5. The lowest BCUT2D eigenvalue weighted by Gasteiger charge is -2.22. The van der Waals surface area contributed by atoms with Gasteiger partial charge in [0.05, 0.1) is 6.42 Å². The quantitative estimate of drug-likeness (QED) is 0.832. The Hall–Kier alpha value is -1.84. The zero-order valence-electron chi connectivity index (χ0n) is 15.3. The Balaban J connectivity index is 1.90. The van der Waals surface area contributed by atoms with Gasteiger partial charge in [-0.05, 0) is 37.8 Å². The van der Waals surface area contributed by atoms with Gasteiger partial charge >= 0.3 is 0 Å². The first kappa shape index (κ1) is 18.5. The van der Waals surface area contributed by atoms with E-state index in [1.54, 1.807) is 0 Å². The van der Waals surface area contributed by atoms with Crippen molar-refractivity contribution in [1.82, 2.24) is 9.80 Å². The summed E-state index contributed by atoms with van der Waals surface area (Å²) in [6.45, 7) is 9.08. The Bertz CT molecular complexity index is 583. The highest BCUT2D eigenvalue weighted by Gasteiger charge is 2.22. The molecular formula is C20H30N2O2. The monoisotopic (exact) mass is 330 g/mol. The van der Waals surface area contributed by atoms with E-state index in [0.29, 0.717) is 25.9 Å². The maximum Gasteiger partial charge on any atom is 0.227 e. The molecule has 1 aliphatic heterocycles. The van der Waals surface area contributed by atoms with Crippen LogP contribution in [0.4, 0.5) is 0 Å². The second-order valence-electron chi connectivity index (χ2n) is 6.83. The van der Waals surface area contributed by atoms with E-state index in [-0.39, 0.29) is 11.8 Å². The fourth-order valence-electron chi connectivity index (χ4n) is 3.22. The normalized spacial score (nSPS) is 15.3. The average Bonchev–Trinajstić information content (AvgIpc) is 2.81. The van der Waals surface area contributed by atoms with Crippen LogP contribution in [0.3, 0.4) is 0 Å². The third-order valence-corrected chi connectivity index (χ3v) is 4.79.